The highest BCUT2D eigenvalue weighted by Gasteiger charge is 2.57. The molecule has 10 nitrogen and oxygen atoms in total. The topological polar surface area (TPSA) is 150 Å². The molecule has 1 saturated carbocycles. The highest BCUT2D eigenvalue weighted by Crippen LogP contribution is 2.48. The van der Waals surface area contributed by atoms with E-state index in [1.165, 1.54) is 25.1 Å². The van der Waals surface area contributed by atoms with E-state index in [0.717, 1.165) is 31.0 Å². The standard InChI is InChI=1S/C31H26ClF4N5O5/c1-14-7-16-8-17(10-22(24(16)41-40-14)46-18-4-5-18)27(42)38-12-30(44,31(34,35)36)23-11-19-26(45-13-29(19,2)28(37)43)25(39-23)15-3-6-21(33)20(32)9-15/h3,6-11,18,44H,4-5,12-13H2,1-2H3,(H2,37,43)(H,38,42)/t29-,30?/m0/s1. The Hall–Kier alpha value is -4.56. The zero-order valence-corrected chi connectivity index (χ0v) is 25.1. The number of benzene rings is 2. The summed E-state index contributed by atoms with van der Waals surface area (Å²) >= 11 is 5.94. The van der Waals surface area contributed by atoms with Gasteiger partial charge in [0.1, 0.15) is 40.5 Å². The molecule has 2 atom stereocenters. The van der Waals surface area contributed by atoms with Crippen molar-refractivity contribution >= 4 is 34.3 Å². The van der Waals surface area contributed by atoms with Gasteiger partial charge in [0.05, 0.1) is 29.1 Å². The monoisotopic (exact) mass is 659 g/mol. The van der Waals surface area contributed by atoms with Crippen LogP contribution in [-0.4, -0.2) is 57.5 Å². The van der Waals surface area contributed by atoms with Crippen LogP contribution in [0.2, 0.25) is 5.02 Å². The molecule has 0 radical (unpaired) electrons. The van der Waals surface area contributed by atoms with Crippen molar-refractivity contribution in [1.82, 2.24) is 20.5 Å². The van der Waals surface area contributed by atoms with E-state index in [-0.39, 0.29) is 51.6 Å². The highest BCUT2D eigenvalue weighted by molar-refractivity contribution is 6.31. The molecule has 0 saturated heterocycles. The molecule has 2 aromatic carbocycles. The van der Waals surface area contributed by atoms with Crippen LogP contribution in [-0.2, 0) is 15.8 Å². The second-order valence-electron chi connectivity index (χ2n) is 11.6. The third kappa shape index (κ3) is 5.45. The summed E-state index contributed by atoms with van der Waals surface area (Å²) in [5, 5.41) is 21.8. The second kappa shape index (κ2) is 11.1. The smallest absolute Gasteiger partial charge is 0.424 e. The van der Waals surface area contributed by atoms with Crippen LogP contribution in [0.4, 0.5) is 17.6 Å². The molecular weight excluding hydrogens is 634 g/mol. The Morgan fingerprint density at radius 3 is 2.57 bits per heavy atom. The number of ether oxygens (including phenoxy) is 2. The van der Waals surface area contributed by atoms with Gasteiger partial charge in [0, 0.05) is 22.1 Å². The number of carbonyl (C=O) groups is 2. The van der Waals surface area contributed by atoms with E-state index in [1.807, 2.05) is 0 Å². The van der Waals surface area contributed by atoms with Crippen LogP contribution in [0, 0.1) is 12.7 Å². The largest absolute Gasteiger partial charge is 0.489 e. The molecule has 15 heteroatoms. The van der Waals surface area contributed by atoms with E-state index in [4.69, 9.17) is 26.8 Å². The van der Waals surface area contributed by atoms with E-state index in [9.17, 15) is 32.3 Å². The quantitative estimate of drug-likeness (QED) is 0.232. The minimum atomic E-state index is -5.39. The summed E-state index contributed by atoms with van der Waals surface area (Å²) in [7, 11) is 0. The highest BCUT2D eigenvalue weighted by atomic mass is 35.5. The van der Waals surface area contributed by atoms with Crippen LogP contribution < -0.4 is 20.5 Å². The molecule has 1 fully saturated rings. The minimum Gasteiger partial charge on any atom is -0.489 e. The lowest BCUT2D eigenvalue weighted by atomic mass is 9.81. The van der Waals surface area contributed by atoms with E-state index >= 15 is 0 Å². The molecular formula is C31H26ClF4N5O5. The molecule has 2 aromatic heterocycles. The molecule has 2 aliphatic rings. The van der Waals surface area contributed by atoms with Gasteiger partial charge in [-0.1, -0.05) is 11.6 Å². The van der Waals surface area contributed by atoms with Crippen molar-refractivity contribution in [3.8, 4) is 22.8 Å². The van der Waals surface area contributed by atoms with Crippen LogP contribution in [0.25, 0.3) is 22.2 Å². The van der Waals surface area contributed by atoms with Crippen molar-refractivity contribution in [3.05, 3.63) is 75.8 Å². The fourth-order valence-corrected chi connectivity index (χ4v) is 5.28. The number of halogens is 5. The molecule has 4 aromatic rings. The number of rotatable bonds is 8. The number of amides is 2. The predicted molar refractivity (Wildman–Crippen MR) is 157 cm³/mol. The third-order valence-corrected chi connectivity index (χ3v) is 8.35. The first-order valence-corrected chi connectivity index (χ1v) is 14.4. The Labute approximate surface area is 263 Å². The number of primary amides is 1. The van der Waals surface area contributed by atoms with E-state index in [0.29, 0.717) is 16.6 Å². The number of aryl methyl sites for hydroxylation is 1. The summed E-state index contributed by atoms with van der Waals surface area (Å²) < 4.78 is 69.9. The Morgan fingerprint density at radius 1 is 1.17 bits per heavy atom. The van der Waals surface area contributed by atoms with Crippen molar-refractivity contribution < 1.29 is 41.7 Å². The molecule has 4 N–H and O–H groups in total. The number of carbonyl (C=O) groups excluding carboxylic acids is 2. The molecule has 46 heavy (non-hydrogen) atoms. The zero-order valence-electron chi connectivity index (χ0n) is 24.3. The van der Waals surface area contributed by atoms with Crippen molar-refractivity contribution in [3.63, 3.8) is 0 Å². The fraction of sp³-hybridized carbons (Fsp3) is 0.323. The molecule has 1 aliphatic heterocycles. The predicted octanol–water partition coefficient (Wildman–Crippen LogP) is 4.65. The van der Waals surface area contributed by atoms with E-state index < -0.39 is 47.1 Å². The summed E-state index contributed by atoms with van der Waals surface area (Å²) in [5.74, 6) is -2.49. The molecule has 1 aliphatic carbocycles. The maximum atomic E-state index is 14.8. The Bertz CT molecular complexity index is 1920. The van der Waals surface area contributed by atoms with Crippen LogP contribution in [0.5, 0.6) is 11.5 Å². The average molecular weight is 660 g/mol. The van der Waals surface area contributed by atoms with Crippen molar-refractivity contribution in [2.45, 2.75) is 50.0 Å². The van der Waals surface area contributed by atoms with Crippen molar-refractivity contribution in [2.24, 2.45) is 5.73 Å². The first-order valence-electron chi connectivity index (χ1n) is 14.1. The van der Waals surface area contributed by atoms with Crippen LogP contribution in [0.3, 0.4) is 0 Å². The number of alkyl halides is 3. The van der Waals surface area contributed by atoms with Gasteiger partial charge in [0.2, 0.25) is 11.5 Å². The lowest BCUT2D eigenvalue weighted by molar-refractivity contribution is -0.265. The van der Waals surface area contributed by atoms with Gasteiger partial charge < -0.3 is 25.6 Å². The van der Waals surface area contributed by atoms with Gasteiger partial charge in [-0.25, -0.2) is 9.37 Å². The number of aromatic nitrogens is 3. The number of hydrogen-bond donors (Lipinski definition) is 3. The normalized spacial score (nSPS) is 18.9. The van der Waals surface area contributed by atoms with E-state index in [2.05, 4.69) is 20.5 Å². The summed E-state index contributed by atoms with van der Waals surface area (Å²) in [5.41, 5.74) is -0.130. The van der Waals surface area contributed by atoms with Crippen LogP contribution in [0.15, 0.2) is 42.5 Å². The summed E-state index contributed by atoms with van der Waals surface area (Å²) in [4.78, 5) is 29.9. The number of nitrogens with one attached hydrogen (secondary N) is 1. The maximum Gasteiger partial charge on any atom is 0.424 e. The Morgan fingerprint density at radius 2 is 1.91 bits per heavy atom. The average Bonchev–Trinajstić information content (AvgIpc) is 3.75. The molecule has 2 amide bonds. The molecule has 240 valence electrons. The number of hydrogen-bond acceptors (Lipinski definition) is 8. The first kappa shape index (κ1) is 31.4. The molecule has 3 heterocycles. The third-order valence-electron chi connectivity index (χ3n) is 8.06. The Balaban J connectivity index is 1.42. The number of nitrogens with zero attached hydrogens (tertiary/aromatic N) is 3. The Kier molecular flexibility index (Phi) is 7.55. The van der Waals surface area contributed by atoms with Gasteiger partial charge in [0.15, 0.2) is 0 Å². The van der Waals surface area contributed by atoms with Gasteiger partial charge in [-0.3, -0.25) is 9.59 Å². The van der Waals surface area contributed by atoms with Gasteiger partial charge in [-0.05, 0) is 69.2 Å². The number of fused-ring (bicyclic) bond motifs is 2. The van der Waals surface area contributed by atoms with Crippen LogP contribution in [0.1, 0.15) is 47.1 Å². The summed E-state index contributed by atoms with van der Waals surface area (Å²) in [6.45, 7) is 1.36. The van der Waals surface area contributed by atoms with Gasteiger partial charge in [-0.15, -0.1) is 5.10 Å². The van der Waals surface area contributed by atoms with Gasteiger partial charge in [-0.2, -0.15) is 18.3 Å². The summed E-state index contributed by atoms with van der Waals surface area (Å²) in [6, 6.07) is 8.62. The lowest BCUT2D eigenvalue weighted by Gasteiger charge is -2.31. The minimum absolute atomic E-state index is 0.0432. The number of nitrogens with two attached hydrogens (primary N) is 1. The van der Waals surface area contributed by atoms with Gasteiger partial charge in [0.25, 0.3) is 5.91 Å². The molecule has 1 unspecified atom stereocenters. The second-order valence-corrected chi connectivity index (χ2v) is 12.0. The molecule has 6 rings (SSSR count). The molecule has 0 spiro atoms. The SMILES string of the molecule is Cc1cc2cc(C(=O)NCC(O)(c3cc4c(c(-c5ccc(F)c(Cl)c5)n3)OC[C@]4(C)C(N)=O)C(F)(F)F)cc(OC3CC3)c2nn1. The van der Waals surface area contributed by atoms with Crippen LogP contribution >= 0.6 is 11.6 Å². The van der Waals surface area contributed by atoms with Gasteiger partial charge >= 0.3 is 6.18 Å². The fourth-order valence-electron chi connectivity index (χ4n) is 5.10. The lowest BCUT2D eigenvalue weighted by Crippen LogP contribution is -2.51. The van der Waals surface area contributed by atoms with E-state index in [1.54, 1.807) is 13.0 Å². The zero-order chi connectivity index (χ0) is 33.2. The number of pyridine rings is 1. The molecule has 0 bridgehead atoms. The van der Waals surface area contributed by atoms with Crippen molar-refractivity contribution in [2.75, 3.05) is 13.2 Å². The first-order chi connectivity index (χ1) is 21.6. The number of aliphatic hydroxyl groups is 1. The van der Waals surface area contributed by atoms with Crippen molar-refractivity contribution in [1.29, 1.82) is 0 Å². The summed E-state index contributed by atoms with van der Waals surface area (Å²) in [6.07, 6.45) is -3.87. The maximum absolute atomic E-state index is 14.8.